The molecule has 0 N–H and O–H groups in total. The van der Waals surface area contributed by atoms with Crippen LogP contribution in [0.2, 0.25) is 0 Å². The number of ether oxygens (including phenoxy) is 2. The highest BCUT2D eigenvalue weighted by Crippen LogP contribution is 2.29. The first-order valence-corrected chi connectivity index (χ1v) is 9.61. The Kier molecular flexibility index (Phi) is 4.57. The third kappa shape index (κ3) is 3.52. The molecule has 2 aromatic heterocycles. The molecule has 1 unspecified atom stereocenters. The van der Waals surface area contributed by atoms with E-state index >= 15 is 0 Å². The number of fused-ring (bicyclic) bond motifs is 1. The SMILES string of the molecule is CCOc1cccc(-c2noc(-c3cc4n(n3)CC(c3ccccc3)OC4)n2)c1. The summed E-state index contributed by atoms with van der Waals surface area (Å²) in [7, 11) is 0. The van der Waals surface area contributed by atoms with E-state index in [2.05, 4.69) is 27.4 Å². The fraction of sp³-hybridized carbons (Fsp3) is 0.227. The van der Waals surface area contributed by atoms with Crippen LogP contribution in [0.5, 0.6) is 5.75 Å². The highest BCUT2D eigenvalue weighted by atomic mass is 16.5. The predicted molar refractivity (Wildman–Crippen MR) is 106 cm³/mol. The normalized spacial score (nSPS) is 15.8. The average Bonchev–Trinajstić information content (AvgIpc) is 3.41. The monoisotopic (exact) mass is 388 g/mol. The van der Waals surface area contributed by atoms with Crippen LogP contribution in [0.4, 0.5) is 0 Å². The maximum Gasteiger partial charge on any atom is 0.278 e. The lowest BCUT2D eigenvalue weighted by atomic mass is 10.1. The largest absolute Gasteiger partial charge is 0.494 e. The Morgan fingerprint density at radius 2 is 2.00 bits per heavy atom. The quantitative estimate of drug-likeness (QED) is 0.508. The standard InChI is InChI=1S/C22H20N4O3/c1-2-27-18-10-6-9-16(11-18)21-23-22(29-25-21)19-12-17-14-28-20(13-26(17)24-19)15-7-4-3-5-8-15/h3-12,20H,2,13-14H2,1H3. The van der Waals surface area contributed by atoms with Gasteiger partial charge in [0.05, 0.1) is 25.5 Å². The molecule has 4 aromatic rings. The molecule has 3 heterocycles. The number of nitrogens with zero attached hydrogens (tertiary/aromatic N) is 4. The van der Waals surface area contributed by atoms with Gasteiger partial charge in [0.2, 0.25) is 5.82 Å². The van der Waals surface area contributed by atoms with E-state index in [0.717, 1.165) is 22.6 Å². The molecule has 1 atom stereocenters. The topological polar surface area (TPSA) is 75.2 Å². The highest BCUT2D eigenvalue weighted by molar-refractivity contribution is 5.59. The van der Waals surface area contributed by atoms with E-state index in [9.17, 15) is 0 Å². The summed E-state index contributed by atoms with van der Waals surface area (Å²) in [5, 5.41) is 8.78. The summed E-state index contributed by atoms with van der Waals surface area (Å²) in [5.74, 6) is 1.67. The minimum absolute atomic E-state index is 0.0176. The first-order valence-electron chi connectivity index (χ1n) is 9.61. The lowest BCUT2D eigenvalue weighted by molar-refractivity contribution is -0.00113. The van der Waals surface area contributed by atoms with Crippen molar-refractivity contribution in [3.05, 3.63) is 71.9 Å². The number of hydrogen-bond acceptors (Lipinski definition) is 6. The third-order valence-electron chi connectivity index (χ3n) is 4.85. The van der Waals surface area contributed by atoms with Crippen LogP contribution in [0.15, 0.2) is 65.2 Å². The lowest BCUT2D eigenvalue weighted by Crippen LogP contribution is -2.21. The molecule has 5 rings (SSSR count). The Morgan fingerprint density at radius 3 is 2.86 bits per heavy atom. The Morgan fingerprint density at radius 1 is 1.10 bits per heavy atom. The molecule has 0 saturated heterocycles. The molecule has 0 aliphatic carbocycles. The minimum Gasteiger partial charge on any atom is -0.494 e. The maximum absolute atomic E-state index is 6.01. The van der Waals surface area contributed by atoms with Gasteiger partial charge < -0.3 is 14.0 Å². The van der Waals surface area contributed by atoms with Crippen molar-refractivity contribution in [2.45, 2.75) is 26.2 Å². The second kappa shape index (κ2) is 7.52. The highest BCUT2D eigenvalue weighted by Gasteiger charge is 2.24. The van der Waals surface area contributed by atoms with Gasteiger partial charge in [0.25, 0.3) is 5.89 Å². The van der Waals surface area contributed by atoms with E-state index in [4.69, 9.17) is 14.0 Å². The molecule has 146 valence electrons. The molecule has 2 aromatic carbocycles. The van der Waals surface area contributed by atoms with Crippen molar-refractivity contribution in [1.82, 2.24) is 19.9 Å². The molecule has 0 bridgehead atoms. The van der Waals surface area contributed by atoms with Crippen molar-refractivity contribution < 1.29 is 14.0 Å². The molecular formula is C22H20N4O3. The van der Waals surface area contributed by atoms with Gasteiger partial charge in [-0.1, -0.05) is 47.6 Å². The average molecular weight is 388 g/mol. The first-order chi connectivity index (χ1) is 14.3. The van der Waals surface area contributed by atoms with Crippen LogP contribution in [0.25, 0.3) is 23.0 Å². The fourth-order valence-corrected chi connectivity index (χ4v) is 3.44. The molecular weight excluding hydrogens is 368 g/mol. The van der Waals surface area contributed by atoms with Crippen molar-refractivity contribution in [3.63, 3.8) is 0 Å². The molecule has 1 aliphatic heterocycles. The van der Waals surface area contributed by atoms with E-state index < -0.39 is 0 Å². The molecule has 0 saturated carbocycles. The van der Waals surface area contributed by atoms with E-state index in [1.165, 1.54) is 0 Å². The van der Waals surface area contributed by atoms with Crippen molar-refractivity contribution in [1.29, 1.82) is 0 Å². The van der Waals surface area contributed by atoms with E-state index in [-0.39, 0.29) is 6.10 Å². The van der Waals surface area contributed by atoms with Crippen LogP contribution in [0, 0.1) is 0 Å². The van der Waals surface area contributed by atoms with Gasteiger partial charge in [-0.15, -0.1) is 0 Å². The van der Waals surface area contributed by atoms with Gasteiger partial charge in [-0.25, -0.2) is 0 Å². The van der Waals surface area contributed by atoms with Crippen LogP contribution < -0.4 is 4.74 Å². The van der Waals surface area contributed by atoms with Crippen LogP contribution >= 0.6 is 0 Å². The zero-order chi connectivity index (χ0) is 19.6. The summed E-state index contributed by atoms with van der Waals surface area (Å²) in [6.07, 6.45) is -0.0176. The van der Waals surface area contributed by atoms with Crippen molar-refractivity contribution in [2.24, 2.45) is 0 Å². The van der Waals surface area contributed by atoms with Gasteiger partial charge in [-0.05, 0) is 30.7 Å². The third-order valence-corrected chi connectivity index (χ3v) is 4.85. The zero-order valence-corrected chi connectivity index (χ0v) is 16.0. The Labute approximate surface area is 167 Å². The second-order valence-electron chi connectivity index (χ2n) is 6.80. The summed E-state index contributed by atoms with van der Waals surface area (Å²) >= 11 is 0. The molecule has 7 nitrogen and oxygen atoms in total. The smallest absolute Gasteiger partial charge is 0.278 e. The van der Waals surface area contributed by atoms with Gasteiger partial charge >= 0.3 is 0 Å². The van der Waals surface area contributed by atoms with Gasteiger partial charge in [-0.3, -0.25) is 4.68 Å². The van der Waals surface area contributed by atoms with Gasteiger partial charge in [0, 0.05) is 5.56 Å². The molecule has 1 aliphatic rings. The predicted octanol–water partition coefficient (Wildman–Crippen LogP) is 4.27. The van der Waals surface area contributed by atoms with Crippen molar-refractivity contribution >= 4 is 0 Å². The molecule has 0 amide bonds. The second-order valence-corrected chi connectivity index (χ2v) is 6.80. The zero-order valence-electron chi connectivity index (χ0n) is 16.0. The van der Waals surface area contributed by atoms with Gasteiger partial charge in [0.15, 0.2) is 5.69 Å². The van der Waals surface area contributed by atoms with Crippen LogP contribution in [-0.2, 0) is 17.9 Å². The van der Waals surface area contributed by atoms with Crippen molar-refractivity contribution in [3.8, 4) is 28.7 Å². The molecule has 0 radical (unpaired) electrons. The van der Waals surface area contributed by atoms with Crippen molar-refractivity contribution in [2.75, 3.05) is 6.61 Å². The van der Waals surface area contributed by atoms with E-state index in [0.29, 0.717) is 37.2 Å². The molecule has 0 fully saturated rings. The Bertz CT molecular complexity index is 1120. The van der Waals surface area contributed by atoms with Crippen LogP contribution in [-0.4, -0.2) is 26.5 Å². The number of hydrogen-bond donors (Lipinski definition) is 0. The summed E-state index contributed by atoms with van der Waals surface area (Å²) in [6.45, 7) is 3.69. The summed E-state index contributed by atoms with van der Waals surface area (Å²) in [5.41, 5.74) is 3.62. The van der Waals surface area contributed by atoms with Crippen LogP contribution in [0.3, 0.4) is 0 Å². The minimum atomic E-state index is -0.0176. The van der Waals surface area contributed by atoms with Gasteiger partial charge in [0.1, 0.15) is 11.9 Å². The van der Waals surface area contributed by atoms with Crippen LogP contribution in [0.1, 0.15) is 24.3 Å². The number of rotatable bonds is 5. The summed E-state index contributed by atoms with van der Waals surface area (Å²) in [6, 6.07) is 19.7. The van der Waals surface area contributed by atoms with E-state index in [1.807, 2.05) is 60.1 Å². The summed E-state index contributed by atoms with van der Waals surface area (Å²) in [4.78, 5) is 4.52. The van der Waals surface area contributed by atoms with E-state index in [1.54, 1.807) is 0 Å². The first kappa shape index (κ1) is 17.6. The van der Waals surface area contributed by atoms with Gasteiger partial charge in [-0.2, -0.15) is 10.1 Å². The Hall–Kier alpha value is -3.45. The molecule has 7 heteroatoms. The number of benzene rings is 2. The lowest BCUT2D eigenvalue weighted by Gasteiger charge is -2.24. The molecule has 29 heavy (non-hydrogen) atoms. The molecule has 0 spiro atoms. The number of aromatic nitrogens is 4. The summed E-state index contributed by atoms with van der Waals surface area (Å²) < 4.78 is 19.0. The fourth-order valence-electron chi connectivity index (χ4n) is 3.44. The maximum atomic E-state index is 6.01. The Balaban J connectivity index is 1.38.